The van der Waals surface area contributed by atoms with Crippen LogP contribution in [0.15, 0.2) is 18.3 Å². The summed E-state index contributed by atoms with van der Waals surface area (Å²) in [5, 5.41) is 2.90. The summed E-state index contributed by atoms with van der Waals surface area (Å²) in [6, 6.07) is 3.83. The first-order valence-corrected chi connectivity index (χ1v) is 6.47. The van der Waals surface area contributed by atoms with Gasteiger partial charge in [-0.2, -0.15) is 0 Å². The van der Waals surface area contributed by atoms with Gasteiger partial charge in [-0.1, -0.05) is 19.9 Å². The van der Waals surface area contributed by atoms with Crippen molar-refractivity contribution in [2.24, 2.45) is 5.73 Å². The molecule has 0 saturated heterocycles. The maximum Gasteiger partial charge on any atom is 0.226 e. The van der Waals surface area contributed by atoms with Crippen molar-refractivity contribution >= 4 is 5.91 Å². The normalized spacial score (nSPS) is 11.3. The number of nitrogens with zero attached hydrogens (tertiary/aromatic N) is 1. The molecule has 1 heterocycles. The lowest BCUT2D eigenvalue weighted by atomic mass is 9.94. The number of nitrogens with two attached hydrogens (primary N) is 1. The van der Waals surface area contributed by atoms with E-state index in [9.17, 15) is 4.79 Å². The Kier molecular flexibility index (Phi) is 5.28. The number of nitrogens with one attached hydrogen (secondary N) is 1. The molecule has 18 heavy (non-hydrogen) atoms. The van der Waals surface area contributed by atoms with Gasteiger partial charge in [0, 0.05) is 18.3 Å². The van der Waals surface area contributed by atoms with Crippen LogP contribution in [0.5, 0.6) is 0 Å². The van der Waals surface area contributed by atoms with Gasteiger partial charge < -0.3 is 11.1 Å². The number of amides is 1. The lowest BCUT2D eigenvalue weighted by Crippen LogP contribution is -2.49. The third-order valence-corrected chi connectivity index (χ3v) is 3.49. The van der Waals surface area contributed by atoms with E-state index in [1.807, 2.05) is 32.9 Å². The van der Waals surface area contributed by atoms with Crippen LogP contribution >= 0.6 is 0 Å². The van der Waals surface area contributed by atoms with E-state index in [-0.39, 0.29) is 11.4 Å². The minimum atomic E-state index is -0.297. The average Bonchev–Trinajstić information content (AvgIpc) is 2.39. The van der Waals surface area contributed by atoms with Crippen LogP contribution in [0.1, 0.15) is 37.9 Å². The molecule has 0 aliphatic carbocycles. The van der Waals surface area contributed by atoms with E-state index in [1.165, 1.54) is 0 Å². The predicted molar refractivity (Wildman–Crippen MR) is 73.2 cm³/mol. The van der Waals surface area contributed by atoms with Crippen molar-refractivity contribution in [2.75, 3.05) is 6.54 Å². The Bertz CT molecular complexity index is 400. The molecule has 0 unspecified atom stereocenters. The van der Waals surface area contributed by atoms with E-state index < -0.39 is 0 Å². The summed E-state index contributed by atoms with van der Waals surface area (Å²) in [5.74, 6) is -0.0199. The molecule has 3 N–H and O–H groups in total. The number of carbonyl (C=O) groups excluding carboxylic acids is 1. The molecule has 1 aromatic rings. The number of rotatable bonds is 6. The summed E-state index contributed by atoms with van der Waals surface area (Å²) in [4.78, 5) is 16.0. The van der Waals surface area contributed by atoms with Crippen LogP contribution in [0.2, 0.25) is 0 Å². The first-order valence-electron chi connectivity index (χ1n) is 6.47. The molecule has 0 aliphatic rings. The Balaban J connectivity index is 2.50. The Hall–Kier alpha value is -1.42. The molecule has 1 rings (SSSR count). The average molecular weight is 249 g/mol. The molecular weight excluding hydrogens is 226 g/mol. The van der Waals surface area contributed by atoms with Crippen LogP contribution in [0.25, 0.3) is 0 Å². The van der Waals surface area contributed by atoms with Crippen LogP contribution in [-0.2, 0) is 11.2 Å². The summed E-state index contributed by atoms with van der Waals surface area (Å²) >= 11 is 0. The number of pyridine rings is 1. The highest BCUT2D eigenvalue weighted by atomic mass is 16.1. The maximum atomic E-state index is 11.8. The Labute approximate surface area is 109 Å². The highest BCUT2D eigenvalue weighted by molar-refractivity contribution is 5.78. The van der Waals surface area contributed by atoms with E-state index in [4.69, 9.17) is 5.73 Å². The van der Waals surface area contributed by atoms with E-state index in [0.717, 1.165) is 24.1 Å². The molecule has 0 aliphatic heterocycles. The third kappa shape index (κ3) is 4.11. The van der Waals surface area contributed by atoms with Gasteiger partial charge in [0.2, 0.25) is 5.91 Å². The lowest BCUT2D eigenvalue weighted by Gasteiger charge is -2.26. The number of hydrogen-bond donors (Lipinski definition) is 2. The molecule has 1 aromatic heterocycles. The topological polar surface area (TPSA) is 68.0 Å². The predicted octanol–water partition coefficient (Wildman–Crippen LogP) is 1.57. The van der Waals surface area contributed by atoms with Crippen LogP contribution in [0, 0.1) is 6.92 Å². The standard InChI is InChI=1S/C14H23N3O/c1-4-14(15,5-2)10-17-13(18)9-12-11(3)7-6-8-16-12/h6-8H,4-5,9-10,15H2,1-3H3,(H,17,18). The molecule has 100 valence electrons. The van der Waals surface area contributed by atoms with Crippen LogP contribution < -0.4 is 11.1 Å². The van der Waals surface area contributed by atoms with Crippen molar-refractivity contribution in [1.82, 2.24) is 10.3 Å². The van der Waals surface area contributed by atoms with Crippen molar-refractivity contribution in [1.29, 1.82) is 0 Å². The van der Waals surface area contributed by atoms with Crippen LogP contribution in [0.4, 0.5) is 0 Å². The molecule has 4 nitrogen and oxygen atoms in total. The molecule has 0 radical (unpaired) electrons. The molecular formula is C14H23N3O. The van der Waals surface area contributed by atoms with Gasteiger partial charge in [-0.25, -0.2) is 0 Å². The van der Waals surface area contributed by atoms with Gasteiger partial charge in [0.25, 0.3) is 0 Å². The molecule has 4 heteroatoms. The van der Waals surface area contributed by atoms with Gasteiger partial charge in [0.05, 0.1) is 12.1 Å². The second kappa shape index (κ2) is 6.50. The summed E-state index contributed by atoms with van der Waals surface area (Å²) in [7, 11) is 0. The first kappa shape index (κ1) is 14.6. The highest BCUT2D eigenvalue weighted by Crippen LogP contribution is 2.09. The molecule has 0 fully saturated rings. The monoisotopic (exact) mass is 249 g/mol. The van der Waals surface area contributed by atoms with Gasteiger partial charge in [-0.05, 0) is 31.4 Å². The molecule has 0 bridgehead atoms. The van der Waals surface area contributed by atoms with Crippen LogP contribution in [-0.4, -0.2) is 23.0 Å². The highest BCUT2D eigenvalue weighted by Gasteiger charge is 2.20. The minimum Gasteiger partial charge on any atom is -0.354 e. The van der Waals surface area contributed by atoms with Gasteiger partial charge in [0.1, 0.15) is 0 Å². The molecule has 1 amide bonds. The zero-order valence-electron chi connectivity index (χ0n) is 11.5. The summed E-state index contributed by atoms with van der Waals surface area (Å²) < 4.78 is 0. The number of hydrogen-bond acceptors (Lipinski definition) is 3. The zero-order valence-corrected chi connectivity index (χ0v) is 11.5. The van der Waals surface area contributed by atoms with Gasteiger partial charge in [-0.15, -0.1) is 0 Å². The zero-order chi connectivity index (χ0) is 13.6. The molecule has 0 saturated carbocycles. The lowest BCUT2D eigenvalue weighted by molar-refractivity contribution is -0.120. The summed E-state index contributed by atoms with van der Waals surface area (Å²) in [6.07, 6.45) is 3.73. The van der Waals surface area contributed by atoms with Crippen LogP contribution in [0.3, 0.4) is 0 Å². The van der Waals surface area contributed by atoms with Crippen molar-refractivity contribution < 1.29 is 4.79 Å². The number of aromatic nitrogens is 1. The number of carbonyl (C=O) groups is 1. The number of aryl methyl sites for hydroxylation is 1. The molecule has 0 atom stereocenters. The summed E-state index contributed by atoms with van der Waals surface area (Å²) in [5.41, 5.74) is 7.71. The Morgan fingerprint density at radius 2 is 2.11 bits per heavy atom. The smallest absolute Gasteiger partial charge is 0.226 e. The van der Waals surface area contributed by atoms with Gasteiger partial charge in [-0.3, -0.25) is 9.78 Å². The van der Waals surface area contributed by atoms with E-state index in [2.05, 4.69) is 10.3 Å². The Morgan fingerprint density at radius 1 is 1.44 bits per heavy atom. The largest absolute Gasteiger partial charge is 0.354 e. The molecule has 0 spiro atoms. The third-order valence-electron chi connectivity index (χ3n) is 3.49. The SMILES string of the molecule is CCC(N)(CC)CNC(=O)Cc1ncccc1C. The first-order chi connectivity index (χ1) is 8.50. The Morgan fingerprint density at radius 3 is 2.67 bits per heavy atom. The van der Waals surface area contributed by atoms with E-state index in [0.29, 0.717) is 13.0 Å². The quantitative estimate of drug-likeness (QED) is 0.804. The fourth-order valence-corrected chi connectivity index (χ4v) is 1.69. The fourth-order valence-electron chi connectivity index (χ4n) is 1.69. The van der Waals surface area contributed by atoms with Crippen molar-refractivity contribution in [3.8, 4) is 0 Å². The van der Waals surface area contributed by atoms with Crippen molar-refractivity contribution in [3.05, 3.63) is 29.6 Å². The van der Waals surface area contributed by atoms with E-state index >= 15 is 0 Å². The fraction of sp³-hybridized carbons (Fsp3) is 0.571. The second-order valence-electron chi connectivity index (χ2n) is 4.79. The van der Waals surface area contributed by atoms with Crippen molar-refractivity contribution in [3.63, 3.8) is 0 Å². The van der Waals surface area contributed by atoms with E-state index in [1.54, 1.807) is 6.20 Å². The van der Waals surface area contributed by atoms with Gasteiger partial charge in [0.15, 0.2) is 0 Å². The maximum absolute atomic E-state index is 11.8. The second-order valence-corrected chi connectivity index (χ2v) is 4.79. The summed E-state index contributed by atoms with van der Waals surface area (Å²) in [6.45, 7) is 6.56. The minimum absolute atomic E-state index is 0.0199. The molecule has 0 aromatic carbocycles. The van der Waals surface area contributed by atoms with Gasteiger partial charge >= 0.3 is 0 Å². The van der Waals surface area contributed by atoms with Crippen molar-refractivity contribution in [2.45, 2.75) is 45.6 Å².